The minimum atomic E-state index is 0. The van der Waals surface area contributed by atoms with E-state index in [1.807, 2.05) is 4.68 Å². The van der Waals surface area contributed by atoms with Crippen LogP contribution in [0.4, 0.5) is 0 Å². The third-order valence-electron chi connectivity index (χ3n) is 1.92. The van der Waals surface area contributed by atoms with E-state index in [0.29, 0.717) is 0 Å². The molecule has 0 aromatic carbocycles. The first-order valence-corrected chi connectivity index (χ1v) is 4.09. The Kier molecular flexibility index (Phi) is 6.82. The van der Waals surface area contributed by atoms with E-state index in [4.69, 9.17) is 4.74 Å². The van der Waals surface area contributed by atoms with Gasteiger partial charge in [0.15, 0.2) is 0 Å². The first-order chi connectivity index (χ1) is 5.97. The van der Waals surface area contributed by atoms with Crippen molar-refractivity contribution in [3.8, 4) is 0 Å². The minimum absolute atomic E-state index is 0. The van der Waals surface area contributed by atoms with E-state index in [1.54, 1.807) is 12.7 Å². The number of hydrogen-bond donors (Lipinski definition) is 1. The summed E-state index contributed by atoms with van der Waals surface area (Å²) in [5.74, 6) is 0. The molecule has 1 aromatic heterocycles. The number of aromatic nitrogens is 3. The zero-order chi connectivity index (χ0) is 8.23. The molecule has 1 aliphatic heterocycles. The maximum absolute atomic E-state index is 5.38. The van der Waals surface area contributed by atoms with Gasteiger partial charge in [-0.3, -0.25) is 0 Å². The van der Waals surface area contributed by atoms with Crippen molar-refractivity contribution in [3.05, 3.63) is 12.7 Å². The van der Waals surface area contributed by atoms with E-state index < -0.39 is 0 Å². The highest BCUT2D eigenvalue weighted by atomic mass is 35.5. The summed E-state index contributed by atoms with van der Waals surface area (Å²) in [7, 11) is 0. The van der Waals surface area contributed by atoms with Gasteiger partial charge in [0.1, 0.15) is 12.7 Å². The van der Waals surface area contributed by atoms with Crippen LogP contribution in [-0.2, 0) is 4.74 Å². The van der Waals surface area contributed by atoms with Gasteiger partial charge in [0.05, 0.1) is 19.3 Å². The van der Waals surface area contributed by atoms with Gasteiger partial charge in [-0.25, -0.2) is 9.67 Å². The van der Waals surface area contributed by atoms with Crippen LogP contribution in [0.3, 0.4) is 0 Å². The second-order valence-corrected chi connectivity index (χ2v) is 2.81. The summed E-state index contributed by atoms with van der Waals surface area (Å²) < 4.78 is 7.21. The predicted octanol–water partition coefficient (Wildman–Crippen LogP) is 0.283. The molecule has 1 aliphatic rings. The van der Waals surface area contributed by atoms with E-state index in [2.05, 4.69) is 15.4 Å². The molecule has 1 N–H and O–H groups in total. The largest absolute Gasteiger partial charge is 0.378 e. The second kappa shape index (κ2) is 7.00. The van der Waals surface area contributed by atoms with Crippen molar-refractivity contribution in [2.45, 2.75) is 6.04 Å². The Morgan fingerprint density at radius 1 is 1.43 bits per heavy atom. The summed E-state index contributed by atoms with van der Waals surface area (Å²) in [6.45, 7) is 3.33. The van der Waals surface area contributed by atoms with Gasteiger partial charge in [-0.1, -0.05) is 0 Å². The Bertz CT molecular complexity index is 224. The highest BCUT2D eigenvalue weighted by molar-refractivity contribution is 5.85. The molecule has 0 aliphatic carbocycles. The molecule has 82 valence electrons. The molecule has 1 aromatic rings. The Morgan fingerprint density at radius 2 is 2.29 bits per heavy atom. The molecule has 14 heavy (non-hydrogen) atoms. The molecule has 1 saturated heterocycles. The van der Waals surface area contributed by atoms with E-state index in [1.165, 1.54) is 0 Å². The van der Waals surface area contributed by atoms with Gasteiger partial charge < -0.3 is 10.1 Å². The normalized spacial score (nSPS) is 21.6. The highest BCUT2D eigenvalue weighted by Gasteiger charge is 2.13. The molecular weight excluding hydrogens is 227 g/mol. The lowest BCUT2D eigenvalue weighted by molar-refractivity contribution is 0.122. The minimum Gasteiger partial charge on any atom is -0.378 e. The summed E-state index contributed by atoms with van der Waals surface area (Å²) in [6.07, 6.45) is 3.27. The smallest absolute Gasteiger partial charge is 0.137 e. The molecule has 2 rings (SSSR count). The van der Waals surface area contributed by atoms with Gasteiger partial charge in [-0.2, -0.15) is 5.10 Å². The van der Waals surface area contributed by atoms with Crippen LogP contribution in [-0.4, -0.2) is 41.1 Å². The van der Waals surface area contributed by atoms with E-state index in [-0.39, 0.29) is 30.9 Å². The van der Waals surface area contributed by atoms with E-state index in [9.17, 15) is 0 Å². The average Bonchev–Trinajstić information content (AvgIpc) is 2.48. The summed E-state index contributed by atoms with van der Waals surface area (Å²) in [5, 5.41) is 7.34. The Balaban J connectivity index is 0.000000845. The lowest BCUT2D eigenvalue weighted by Crippen LogP contribution is -2.25. The number of halogens is 2. The number of rotatable bonds is 1. The van der Waals surface area contributed by atoms with Crippen molar-refractivity contribution in [1.82, 2.24) is 20.1 Å². The molecule has 1 atom stereocenters. The lowest BCUT2D eigenvalue weighted by atomic mass is 10.3. The molecule has 0 bridgehead atoms. The highest BCUT2D eigenvalue weighted by Crippen LogP contribution is 2.04. The number of hydrogen-bond acceptors (Lipinski definition) is 4. The van der Waals surface area contributed by atoms with Crippen molar-refractivity contribution in [2.24, 2.45) is 0 Å². The SMILES string of the molecule is Cl.Cl.c1ncn(C2CNCCOC2)n1. The zero-order valence-corrected chi connectivity index (χ0v) is 9.26. The summed E-state index contributed by atoms with van der Waals surface area (Å²) >= 11 is 0. The number of nitrogens with zero attached hydrogens (tertiary/aromatic N) is 3. The van der Waals surface area contributed by atoms with Crippen molar-refractivity contribution >= 4 is 24.8 Å². The molecule has 0 saturated carbocycles. The van der Waals surface area contributed by atoms with Gasteiger partial charge in [0, 0.05) is 13.1 Å². The molecule has 2 heterocycles. The second-order valence-electron chi connectivity index (χ2n) is 2.81. The fourth-order valence-corrected chi connectivity index (χ4v) is 1.27. The summed E-state index contributed by atoms with van der Waals surface area (Å²) in [6, 6.07) is 0.287. The van der Waals surface area contributed by atoms with Crippen LogP contribution in [0.1, 0.15) is 6.04 Å². The van der Waals surface area contributed by atoms with Crippen LogP contribution >= 0.6 is 24.8 Å². The Labute approximate surface area is 95.0 Å². The third kappa shape index (κ3) is 3.42. The van der Waals surface area contributed by atoms with Gasteiger partial charge >= 0.3 is 0 Å². The lowest BCUT2D eigenvalue weighted by Gasteiger charge is -2.12. The van der Waals surface area contributed by atoms with Crippen LogP contribution in [0.25, 0.3) is 0 Å². The Morgan fingerprint density at radius 3 is 3.00 bits per heavy atom. The van der Waals surface area contributed by atoms with Crippen LogP contribution in [0.5, 0.6) is 0 Å². The molecule has 1 unspecified atom stereocenters. The van der Waals surface area contributed by atoms with Gasteiger partial charge in [0.25, 0.3) is 0 Å². The van der Waals surface area contributed by atoms with E-state index >= 15 is 0 Å². The molecule has 0 radical (unpaired) electrons. The van der Waals surface area contributed by atoms with Crippen LogP contribution in [0.2, 0.25) is 0 Å². The molecular formula is C7H14Cl2N4O. The summed E-state index contributed by atoms with van der Waals surface area (Å²) in [4.78, 5) is 3.90. The van der Waals surface area contributed by atoms with Crippen molar-refractivity contribution in [2.75, 3.05) is 26.3 Å². The van der Waals surface area contributed by atoms with Crippen LogP contribution in [0.15, 0.2) is 12.7 Å². The summed E-state index contributed by atoms with van der Waals surface area (Å²) in [5.41, 5.74) is 0. The molecule has 0 amide bonds. The maximum atomic E-state index is 5.38. The van der Waals surface area contributed by atoms with Crippen LogP contribution in [0, 0.1) is 0 Å². The quantitative estimate of drug-likeness (QED) is 0.767. The Hall–Kier alpha value is -0.360. The average molecular weight is 241 g/mol. The zero-order valence-electron chi connectivity index (χ0n) is 7.63. The van der Waals surface area contributed by atoms with Gasteiger partial charge in [0.2, 0.25) is 0 Å². The topological polar surface area (TPSA) is 52.0 Å². The fourth-order valence-electron chi connectivity index (χ4n) is 1.27. The van der Waals surface area contributed by atoms with Gasteiger partial charge in [-0.05, 0) is 0 Å². The van der Waals surface area contributed by atoms with Crippen LogP contribution < -0.4 is 5.32 Å². The molecule has 0 spiro atoms. The predicted molar refractivity (Wildman–Crippen MR) is 57.2 cm³/mol. The first-order valence-electron chi connectivity index (χ1n) is 4.09. The standard InChI is InChI=1S/C7H12N4O.2ClH/c1-2-12-4-7(3-8-1)11-6-9-5-10-11;;/h5-8H,1-4H2;2*1H. The van der Waals surface area contributed by atoms with Gasteiger partial charge in [-0.15, -0.1) is 24.8 Å². The monoisotopic (exact) mass is 240 g/mol. The fraction of sp³-hybridized carbons (Fsp3) is 0.714. The number of nitrogens with one attached hydrogen (secondary N) is 1. The van der Waals surface area contributed by atoms with E-state index in [0.717, 1.165) is 26.3 Å². The number of ether oxygens (including phenoxy) is 1. The third-order valence-corrected chi connectivity index (χ3v) is 1.92. The van der Waals surface area contributed by atoms with Crippen molar-refractivity contribution in [3.63, 3.8) is 0 Å². The van der Waals surface area contributed by atoms with Crippen molar-refractivity contribution in [1.29, 1.82) is 0 Å². The molecule has 7 heteroatoms. The molecule has 1 fully saturated rings. The molecule has 5 nitrogen and oxygen atoms in total. The maximum Gasteiger partial charge on any atom is 0.137 e. The first kappa shape index (κ1) is 13.6. The van der Waals surface area contributed by atoms with Crippen molar-refractivity contribution < 1.29 is 4.74 Å².